The first kappa shape index (κ1) is 12.4. The molecule has 4 heteroatoms. The van der Waals surface area contributed by atoms with Crippen molar-refractivity contribution < 1.29 is 4.79 Å². The molecule has 2 aliphatic rings. The van der Waals surface area contributed by atoms with E-state index in [4.69, 9.17) is 0 Å². The lowest BCUT2D eigenvalue weighted by atomic mass is 10.1. The van der Waals surface area contributed by atoms with Crippen molar-refractivity contribution in [2.75, 3.05) is 6.54 Å². The molecular formula is C13H17ClN2O. The zero-order chi connectivity index (χ0) is 11.0. The molecule has 3 rings (SSSR count). The highest BCUT2D eigenvalue weighted by molar-refractivity contribution is 5.85. The minimum Gasteiger partial charge on any atom is -0.333 e. The smallest absolute Gasteiger partial charge is 0.240 e. The molecule has 1 fully saturated rings. The van der Waals surface area contributed by atoms with E-state index >= 15 is 0 Å². The third kappa shape index (κ3) is 2.31. The fourth-order valence-electron chi connectivity index (χ4n) is 2.60. The molecule has 0 spiro atoms. The van der Waals surface area contributed by atoms with E-state index in [0.29, 0.717) is 0 Å². The second-order valence-corrected chi connectivity index (χ2v) is 4.61. The predicted octanol–water partition coefficient (Wildman–Crippen LogP) is 1.70. The standard InChI is InChI=1S/C13H16N2O.ClH/c16-13(12-6-3-7-14-12)15-8-10-4-1-2-5-11(10)9-15;/h1-2,4-5,12,14H,3,6-9H2;1H. The number of benzene rings is 1. The van der Waals surface area contributed by atoms with E-state index in [1.165, 1.54) is 11.1 Å². The molecule has 2 heterocycles. The molecule has 0 aromatic heterocycles. The Balaban J connectivity index is 0.00000108. The van der Waals surface area contributed by atoms with Crippen LogP contribution >= 0.6 is 12.4 Å². The van der Waals surface area contributed by atoms with Gasteiger partial charge in [-0.1, -0.05) is 24.3 Å². The molecule has 1 N–H and O–H groups in total. The third-order valence-corrected chi connectivity index (χ3v) is 3.51. The number of fused-ring (bicyclic) bond motifs is 1. The van der Waals surface area contributed by atoms with Crippen LogP contribution in [0.25, 0.3) is 0 Å². The van der Waals surface area contributed by atoms with Crippen molar-refractivity contribution in [3.8, 4) is 0 Å². The van der Waals surface area contributed by atoms with Gasteiger partial charge in [-0.25, -0.2) is 0 Å². The number of nitrogens with zero attached hydrogens (tertiary/aromatic N) is 1. The monoisotopic (exact) mass is 252 g/mol. The lowest BCUT2D eigenvalue weighted by Crippen LogP contribution is -2.40. The molecule has 0 saturated carbocycles. The first-order chi connectivity index (χ1) is 7.84. The first-order valence-corrected chi connectivity index (χ1v) is 5.93. The molecular weight excluding hydrogens is 236 g/mol. The molecule has 2 aliphatic heterocycles. The van der Waals surface area contributed by atoms with Crippen LogP contribution in [0.5, 0.6) is 0 Å². The van der Waals surface area contributed by atoms with Crippen LogP contribution in [0.15, 0.2) is 24.3 Å². The summed E-state index contributed by atoms with van der Waals surface area (Å²) in [6, 6.07) is 8.38. The highest BCUT2D eigenvalue weighted by atomic mass is 35.5. The van der Waals surface area contributed by atoms with E-state index in [1.54, 1.807) is 0 Å². The molecule has 0 aliphatic carbocycles. The zero-order valence-corrected chi connectivity index (χ0v) is 10.5. The quantitative estimate of drug-likeness (QED) is 0.825. The summed E-state index contributed by atoms with van der Waals surface area (Å²) < 4.78 is 0. The predicted molar refractivity (Wildman–Crippen MR) is 69.0 cm³/mol. The fourth-order valence-corrected chi connectivity index (χ4v) is 2.60. The molecule has 0 bridgehead atoms. The third-order valence-electron chi connectivity index (χ3n) is 3.51. The molecule has 1 saturated heterocycles. The van der Waals surface area contributed by atoms with Crippen molar-refractivity contribution in [3.05, 3.63) is 35.4 Å². The normalized spacial score (nSPS) is 22.1. The van der Waals surface area contributed by atoms with Gasteiger partial charge in [0, 0.05) is 13.1 Å². The molecule has 1 aromatic rings. The van der Waals surface area contributed by atoms with E-state index in [2.05, 4.69) is 17.4 Å². The number of hydrogen-bond donors (Lipinski definition) is 1. The largest absolute Gasteiger partial charge is 0.333 e. The van der Waals surface area contributed by atoms with Crippen LogP contribution in [0.3, 0.4) is 0 Å². The summed E-state index contributed by atoms with van der Waals surface area (Å²) in [5.41, 5.74) is 2.60. The number of nitrogens with one attached hydrogen (secondary N) is 1. The van der Waals surface area contributed by atoms with E-state index in [1.807, 2.05) is 17.0 Å². The molecule has 1 unspecified atom stereocenters. The van der Waals surface area contributed by atoms with Gasteiger partial charge in [-0.15, -0.1) is 12.4 Å². The van der Waals surface area contributed by atoms with Crippen molar-refractivity contribution in [2.45, 2.75) is 32.0 Å². The van der Waals surface area contributed by atoms with Crippen LogP contribution in [0.1, 0.15) is 24.0 Å². The molecule has 92 valence electrons. The molecule has 3 nitrogen and oxygen atoms in total. The highest BCUT2D eigenvalue weighted by Crippen LogP contribution is 2.23. The number of carbonyl (C=O) groups excluding carboxylic acids is 1. The number of halogens is 1. The van der Waals surface area contributed by atoms with Gasteiger partial charge in [-0.2, -0.15) is 0 Å². The number of rotatable bonds is 1. The maximum atomic E-state index is 12.2. The van der Waals surface area contributed by atoms with Crippen LogP contribution in [0.2, 0.25) is 0 Å². The summed E-state index contributed by atoms with van der Waals surface area (Å²) in [6.07, 6.45) is 2.11. The van der Waals surface area contributed by atoms with Gasteiger partial charge < -0.3 is 10.2 Å². The SMILES string of the molecule is Cl.O=C(C1CCCN1)N1Cc2ccccc2C1. The highest BCUT2D eigenvalue weighted by Gasteiger charge is 2.30. The molecule has 1 atom stereocenters. The molecule has 1 aromatic carbocycles. The lowest BCUT2D eigenvalue weighted by Gasteiger charge is -2.19. The Bertz CT molecular complexity index is 391. The van der Waals surface area contributed by atoms with E-state index < -0.39 is 0 Å². The van der Waals surface area contributed by atoms with Crippen LogP contribution in [-0.4, -0.2) is 23.4 Å². The zero-order valence-electron chi connectivity index (χ0n) is 9.69. The Morgan fingerprint density at radius 2 is 1.88 bits per heavy atom. The summed E-state index contributed by atoms with van der Waals surface area (Å²) in [5, 5.41) is 3.27. The molecule has 17 heavy (non-hydrogen) atoms. The van der Waals surface area contributed by atoms with E-state index in [9.17, 15) is 4.79 Å². The van der Waals surface area contributed by atoms with Gasteiger partial charge >= 0.3 is 0 Å². The van der Waals surface area contributed by atoms with Gasteiger partial charge in [-0.3, -0.25) is 4.79 Å². The van der Waals surface area contributed by atoms with E-state index in [-0.39, 0.29) is 24.4 Å². The Labute approximate surface area is 108 Å². The topological polar surface area (TPSA) is 32.3 Å². The second kappa shape index (κ2) is 5.07. The molecule has 1 amide bonds. The van der Waals surface area contributed by atoms with Gasteiger partial charge in [-0.05, 0) is 30.5 Å². The van der Waals surface area contributed by atoms with Gasteiger partial charge in [0.05, 0.1) is 6.04 Å². The summed E-state index contributed by atoms with van der Waals surface area (Å²) in [7, 11) is 0. The van der Waals surface area contributed by atoms with Crippen molar-refractivity contribution in [1.82, 2.24) is 10.2 Å². The van der Waals surface area contributed by atoms with Crippen LogP contribution < -0.4 is 5.32 Å². The van der Waals surface area contributed by atoms with Gasteiger partial charge in [0.1, 0.15) is 0 Å². The van der Waals surface area contributed by atoms with Crippen LogP contribution in [-0.2, 0) is 17.9 Å². The van der Waals surface area contributed by atoms with Crippen molar-refractivity contribution >= 4 is 18.3 Å². The van der Waals surface area contributed by atoms with Gasteiger partial charge in [0.15, 0.2) is 0 Å². The summed E-state index contributed by atoms with van der Waals surface area (Å²) in [5.74, 6) is 0.272. The molecule has 0 radical (unpaired) electrons. The Kier molecular flexibility index (Phi) is 3.69. The first-order valence-electron chi connectivity index (χ1n) is 5.93. The van der Waals surface area contributed by atoms with Crippen molar-refractivity contribution in [3.63, 3.8) is 0 Å². The maximum Gasteiger partial charge on any atom is 0.240 e. The average Bonchev–Trinajstić information content (AvgIpc) is 2.97. The number of carbonyl (C=O) groups is 1. The minimum absolute atomic E-state index is 0. The van der Waals surface area contributed by atoms with E-state index in [0.717, 1.165) is 32.5 Å². The Hall–Kier alpha value is -1.06. The lowest BCUT2D eigenvalue weighted by molar-refractivity contribution is -0.133. The van der Waals surface area contributed by atoms with Crippen LogP contribution in [0.4, 0.5) is 0 Å². The summed E-state index contributed by atoms with van der Waals surface area (Å²) >= 11 is 0. The fraction of sp³-hybridized carbons (Fsp3) is 0.462. The number of hydrogen-bond acceptors (Lipinski definition) is 2. The van der Waals surface area contributed by atoms with Gasteiger partial charge in [0.2, 0.25) is 5.91 Å². The summed E-state index contributed by atoms with van der Waals surface area (Å²) in [4.78, 5) is 14.1. The Morgan fingerprint density at radius 3 is 2.41 bits per heavy atom. The maximum absolute atomic E-state index is 12.2. The van der Waals surface area contributed by atoms with Gasteiger partial charge in [0.25, 0.3) is 0 Å². The van der Waals surface area contributed by atoms with Crippen molar-refractivity contribution in [1.29, 1.82) is 0 Å². The average molecular weight is 253 g/mol. The number of amides is 1. The Morgan fingerprint density at radius 1 is 1.24 bits per heavy atom. The second-order valence-electron chi connectivity index (χ2n) is 4.61. The minimum atomic E-state index is 0. The van der Waals surface area contributed by atoms with Crippen molar-refractivity contribution in [2.24, 2.45) is 0 Å². The van der Waals surface area contributed by atoms with Crippen LogP contribution in [0, 0.1) is 0 Å². The summed E-state index contributed by atoms with van der Waals surface area (Å²) in [6.45, 7) is 2.55.